The van der Waals surface area contributed by atoms with Crippen molar-refractivity contribution in [3.63, 3.8) is 0 Å². The van der Waals surface area contributed by atoms with E-state index in [2.05, 4.69) is 29.4 Å². The molecule has 4 heterocycles. The summed E-state index contributed by atoms with van der Waals surface area (Å²) in [4.78, 5) is 60.4. The van der Waals surface area contributed by atoms with Gasteiger partial charge in [0, 0.05) is 62.9 Å². The van der Waals surface area contributed by atoms with Crippen molar-refractivity contribution in [1.82, 2.24) is 30.2 Å². The van der Waals surface area contributed by atoms with Crippen LogP contribution >= 0.6 is 0 Å². The zero-order valence-corrected chi connectivity index (χ0v) is 27.6. The third-order valence-corrected chi connectivity index (χ3v) is 11.3. The molecule has 4 atom stereocenters. The van der Waals surface area contributed by atoms with Gasteiger partial charge in [0.05, 0.1) is 12.0 Å². The molecule has 1 aromatic heterocycles. The van der Waals surface area contributed by atoms with Crippen LogP contribution < -0.4 is 5.32 Å². The first-order valence-corrected chi connectivity index (χ1v) is 17.3. The highest BCUT2D eigenvalue weighted by atomic mass is 16.5. The van der Waals surface area contributed by atoms with E-state index in [-0.39, 0.29) is 41.5 Å². The minimum absolute atomic E-state index is 0.0157. The first-order chi connectivity index (χ1) is 21.5. The maximum Gasteiger partial charge on any atom is 0.274 e. The highest BCUT2D eigenvalue weighted by molar-refractivity contribution is 5.95. The van der Waals surface area contributed by atoms with Crippen molar-refractivity contribution in [3.8, 4) is 0 Å². The normalized spacial score (nSPS) is 27.2. The van der Waals surface area contributed by atoms with E-state index in [1.165, 1.54) is 19.3 Å². The number of carbonyl (C=O) groups is 4. The van der Waals surface area contributed by atoms with E-state index in [4.69, 9.17) is 4.74 Å². The fourth-order valence-electron chi connectivity index (χ4n) is 8.16. The Morgan fingerprint density at radius 3 is 2.24 bits per heavy atom. The van der Waals surface area contributed by atoms with E-state index in [0.717, 1.165) is 44.2 Å². The largest absolute Gasteiger partial charge is 0.376 e. The Balaban J connectivity index is 1.19. The second kappa shape index (κ2) is 12.7. The number of nitrogens with one attached hydrogen (secondary N) is 2. The number of hydrogen-bond donors (Lipinski definition) is 2. The number of carbonyl (C=O) groups excluding carboxylic acids is 4. The summed E-state index contributed by atoms with van der Waals surface area (Å²) in [5.74, 6) is -0.478. The lowest BCUT2D eigenvalue weighted by Gasteiger charge is -2.50. The number of hydrogen-bond acceptors (Lipinski definition) is 6. The lowest BCUT2D eigenvalue weighted by atomic mass is 9.70. The molecule has 6 rings (SSSR count). The van der Waals surface area contributed by atoms with E-state index < -0.39 is 23.5 Å². The highest BCUT2D eigenvalue weighted by Gasteiger charge is 2.62. The van der Waals surface area contributed by atoms with Gasteiger partial charge in [-0.3, -0.25) is 24.3 Å². The van der Waals surface area contributed by atoms with Gasteiger partial charge in [0.15, 0.2) is 0 Å². The molecule has 2 N–H and O–H groups in total. The van der Waals surface area contributed by atoms with Crippen LogP contribution in [0, 0.1) is 35.5 Å². The van der Waals surface area contributed by atoms with Crippen molar-refractivity contribution in [2.24, 2.45) is 28.6 Å². The Labute approximate surface area is 267 Å². The van der Waals surface area contributed by atoms with Gasteiger partial charge < -0.3 is 24.8 Å². The molecule has 248 valence electrons. The maximum atomic E-state index is 14.3. The molecule has 1 unspecified atom stereocenters. The van der Waals surface area contributed by atoms with Crippen molar-refractivity contribution >= 4 is 23.6 Å². The van der Waals surface area contributed by atoms with Gasteiger partial charge in [-0.15, -0.1) is 0 Å². The molecule has 1 aromatic rings. The van der Waals surface area contributed by atoms with Gasteiger partial charge in [-0.2, -0.15) is 5.10 Å². The van der Waals surface area contributed by atoms with Crippen molar-refractivity contribution in [2.45, 2.75) is 97.6 Å². The number of amides is 4. The van der Waals surface area contributed by atoms with Crippen molar-refractivity contribution < 1.29 is 23.9 Å². The fraction of sp³-hybridized carbons (Fsp3) is 0.794. The van der Waals surface area contributed by atoms with Crippen molar-refractivity contribution in [2.75, 3.05) is 45.9 Å². The molecule has 3 aliphatic heterocycles. The number of ether oxygens (including phenoxy) is 1. The Hall–Kier alpha value is -2.95. The van der Waals surface area contributed by atoms with Crippen LogP contribution in [0.5, 0.6) is 0 Å². The minimum atomic E-state index is -0.806. The quantitative estimate of drug-likeness (QED) is 0.435. The molecule has 1 spiro atoms. The van der Waals surface area contributed by atoms with Crippen LogP contribution in [0.1, 0.15) is 94.7 Å². The molecule has 5 aliphatic rings. The average molecular weight is 625 g/mol. The second-order valence-corrected chi connectivity index (χ2v) is 15.4. The molecular formula is C34H52N6O5. The summed E-state index contributed by atoms with van der Waals surface area (Å²) in [6.07, 6.45) is 9.39. The van der Waals surface area contributed by atoms with E-state index in [1.54, 1.807) is 11.0 Å². The molecule has 45 heavy (non-hydrogen) atoms. The summed E-state index contributed by atoms with van der Waals surface area (Å²) < 4.78 is 6.34. The zero-order chi connectivity index (χ0) is 31.9. The molecule has 3 saturated heterocycles. The first-order valence-electron chi connectivity index (χ1n) is 17.3. The topological polar surface area (TPSA) is 128 Å². The maximum absolute atomic E-state index is 14.3. The Morgan fingerprint density at radius 1 is 0.978 bits per heavy atom. The van der Waals surface area contributed by atoms with Crippen LogP contribution in [0.25, 0.3) is 0 Å². The summed E-state index contributed by atoms with van der Waals surface area (Å²) in [5, 5.41) is 10.2. The Morgan fingerprint density at radius 2 is 1.62 bits per heavy atom. The van der Waals surface area contributed by atoms with Gasteiger partial charge in [-0.1, -0.05) is 33.1 Å². The molecule has 0 bridgehead atoms. The monoisotopic (exact) mass is 624 g/mol. The van der Waals surface area contributed by atoms with Gasteiger partial charge in [0.25, 0.3) is 5.91 Å². The van der Waals surface area contributed by atoms with Gasteiger partial charge in [0.2, 0.25) is 17.7 Å². The third-order valence-electron chi connectivity index (χ3n) is 11.3. The lowest BCUT2D eigenvalue weighted by Crippen LogP contribution is -2.65. The first kappa shape index (κ1) is 32.0. The van der Waals surface area contributed by atoms with Crippen LogP contribution in [0.15, 0.2) is 6.07 Å². The number of H-pyrrole nitrogens is 1. The second-order valence-electron chi connectivity index (χ2n) is 15.4. The minimum Gasteiger partial charge on any atom is -0.376 e. The molecule has 4 amide bonds. The predicted molar refractivity (Wildman–Crippen MR) is 168 cm³/mol. The van der Waals surface area contributed by atoms with E-state index >= 15 is 0 Å². The number of aromatic nitrogens is 2. The van der Waals surface area contributed by atoms with E-state index in [9.17, 15) is 19.2 Å². The highest BCUT2D eigenvalue weighted by Crippen LogP contribution is 2.54. The van der Waals surface area contributed by atoms with Gasteiger partial charge >= 0.3 is 0 Å². The molecule has 0 radical (unpaired) electrons. The molecule has 11 heteroatoms. The van der Waals surface area contributed by atoms with Crippen LogP contribution in [0.4, 0.5) is 0 Å². The van der Waals surface area contributed by atoms with Crippen LogP contribution in [-0.4, -0.2) is 107 Å². The standard InChI is InChI=1S/C34H52N6O5/c1-22-15-27(37-36-22)31(43)39-17-26(34(19-39)20-40(21-34)30(42)25-16-33(25,3)4)29(41)35-28(32(44)38-13-9-6-10-14-38)23(2)45-18-24-11-7-5-8-12-24/h15,23-26,28H,5-14,16-21H2,1-4H3,(H,35,41)(H,36,37)/t23-,25-,26?,28+/m1/s1. The SMILES string of the molecule is Cc1cc(C(=O)N2CC(C(=O)N[C@H](C(=O)N3CCCCC3)[C@@H](C)OCC3CCCCC3)C3(C2)CN(C(=O)[C@H]2CC2(C)C)C3)n[nH]1. The van der Waals surface area contributed by atoms with Gasteiger partial charge in [0.1, 0.15) is 11.7 Å². The number of aromatic amines is 1. The average Bonchev–Trinajstić information content (AvgIpc) is 3.32. The predicted octanol–water partition coefficient (Wildman–Crippen LogP) is 3.15. The number of aryl methyl sites for hydroxylation is 1. The van der Waals surface area contributed by atoms with Crippen LogP contribution in [0.3, 0.4) is 0 Å². The number of nitrogens with zero attached hydrogens (tertiary/aromatic N) is 4. The lowest BCUT2D eigenvalue weighted by molar-refractivity contribution is -0.153. The number of piperidine rings is 1. The Bertz CT molecular complexity index is 1280. The number of likely N-dealkylation sites (tertiary alicyclic amines) is 3. The summed E-state index contributed by atoms with van der Waals surface area (Å²) >= 11 is 0. The summed E-state index contributed by atoms with van der Waals surface area (Å²) in [6.45, 7) is 11.4. The molecule has 2 saturated carbocycles. The molecule has 11 nitrogen and oxygen atoms in total. The summed E-state index contributed by atoms with van der Waals surface area (Å²) in [6, 6.07) is 0.910. The van der Waals surface area contributed by atoms with Crippen molar-refractivity contribution in [1.29, 1.82) is 0 Å². The third kappa shape index (κ3) is 6.65. The molecule has 5 fully saturated rings. The number of rotatable bonds is 9. The molecule has 0 aromatic carbocycles. The van der Waals surface area contributed by atoms with Gasteiger partial charge in [-0.05, 0) is 69.8 Å². The van der Waals surface area contributed by atoms with Crippen LogP contribution in [-0.2, 0) is 19.1 Å². The summed E-state index contributed by atoms with van der Waals surface area (Å²) in [5.41, 5.74) is 0.556. The van der Waals surface area contributed by atoms with Gasteiger partial charge in [-0.25, -0.2) is 0 Å². The molecular weight excluding hydrogens is 572 g/mol. The zero-order valence-electron chi connectivity index (χ0n) is 27.6. The van der Waals surface area contributed by atoms with Crippen LogP contribution in [0.2, 0.25) is 0 Å². The Kier molecular flexibility index (Phi) is 9.02. The van der Waals surface area contributed by atoms with E-state index in [0.29, 0.717) is 50.9 Å². The van der Waals surface area contributed by atoms with Crippen molar-refractivity contribution in [3.05, 3.63) is 17.5 Å². The van der Waals surface area contributed by atoms with E-state index in [1.807, 2.05) is 23.6 Å². The molecule has 2 aliphatic carbocycles. The smallest absolute Gasteiger partial charge is 0.274 e. The fourth-order valence-corrected chi connectivity index (χ4v) is 8.16. The summed E-state index contributed by atoms with van der Waals surface area (Å²) in [7, 11) is 0.